The first kappa shape index (κ1) is 17.3. The average Bonchev–Trinajstić information content (AvgIpc) is 2.98. The van der Waals surface area contributed by atoms with Gasteiger partial charge in [-0.1, -0.05) is 42.5 Å². The fourth-order valence-corrected chi connectivity index (χ4v) is 3.37. The molecule has 3 aromatic rings. The zero-order chi connectivity index (χ0) is 18.8. The Bertz CT molecular complexity index is 1090. The maximum absolute atomic E-state index is 11.6. The van der Waals surface area contributed by atoms with Crippen LogP contribution in [0, 0.1) is 0 Å². The molecule has 3 amide bonds. The van der Waals surface area contributed by atoms with Crippen molar-refractivity contribution in [3.63, 3.8) is 0 Å². The molecule has 1 heterocycles. The summed E-state index contributed by atoms with van der Waals surface area (Å²) in [6.45, 7) is 0.447. The number of hydrogen-bond acceptors (Lipinski definition) is 3. The van der Waals surface area contributed by atoms with Crippen molar-refractivity contribution < 1.29 is 14.3 Å². The minimum absolute atomic E-state index is 0.219. The van der Waals surface area contributed by atoms with Gasteiger partial charge in [-0.15, -0.1) is 0 Å². The summed E-state index contributed by atoms with van der Waals surface area (Å²) in [5, 5.41) is 7.01. The number of amides is 3. The lowest BCUT2D eigenvalue weighted by Crippen LogP contribution is -2.22. The number of fused-ring (bicyclic) bond motifs is 1. The van der Waals surface area contributed by atoms with Crippen molar-refractivity contribution >= 4 is 44.7 Å². The molecular weight excluding hydrogens is 408 g/mol. The summed E-state index contributed by atoms with van der Waals surface area (Å²) >= 11 is 3.49. The molecule has 0 bridgehead atoms. The zero-order valence-corrected chi connectivity index (χ0v) is 15.7. The van der Waals surface area contributed by atoms with E-state index in [0.29, 0.717) is 12.4 Å². The normalized spacial score (nSPS) is 15.1. The smallest absolute Gasteiger partial charge is 0.326 e. The Hall–Kier alpha value is -3.12. The molecule has 1 aliphatic heterocycles. The quantitative estimate of drug-likeness (QED) is 0.484. The number of carbonyl (C=O) groups excluding carboxylic acids is 2. The number of hydrogen-bond donors (Lipinski definition) is 2. The molecule has 0 saturated carbocycles. The number of rotatable bonds is 4. The van der Waals surface area contributed by atoms with E-state index >= 15 is 0 Å². The lowest BCUT2D eigenvalue weighted by atomic mass is 10.1. The average molecular weight is 423 g/mol. The Labute approximate surface area is 164 Å². The van der Waals surface area contributed by atoms with Crippen LogP contribution >= 0.6 is 15.9 Å². The van der Waals surface area contributed by atoms with Gasteiger partial charge in [-0.05, 0) is 62.1 Å². The molecule has 0 atom stereocenters. The molecule has 1 aliphatic rings. The summed E-state index contributed by atoms with van der Waals surface area (Å²) < 4.78 is 6.68. The maximum Gasteiger partial charge on any atom is 0.326 e. The molecule has 0 aromatic heterocycles. The maximum atomic E-state index is 11.6. The third-order valence-corrected chi connectivity index (χ3v) is 4.81. The summed E-state index contributed by atoms with van der Waals surface area (Å²) in [5.41, 5.74) is 2.07. The molecule has 5 nitrogen and oxygen atoms in total. The van der Waals surface area contributed by atoms with Gasteiger partial charge in [0, 0.05) is 0 Å². The van der Waals surface area contributed by atoms with Gasteiger partial charge in [-0.3, -0.25) is 10.1 Å². The van der Waals surface area contributed by atoms with Gasteiger partial charge in [0.05, 0.1) is 4.47 Å². The molecule has 0 radical (unpaired) electrons. The monoisotopic (exact) mass is 422 g/mol. The molecule has 134 valence electrons. The fraction of sp³-hybridized carbons (Fsp3) is 0.0476. The van der Waals surface area contributed by atoms with Crippen LogP contribution in [0.2, 0.25) is 0 Å². The molecule has 0 spiro atoms. The van der Waals surface area contributed by atoms with Crippen molar-refractivity contribution in [2.24, 2.45) is 0 Å². The number of benzene rings is 3. The predicted molar refractivity (Wildman–Crippen MR) is 107 cm³/mol. The van der Waals surface area contributed by atoms with E-state index < -0.39 is 11.9 Å². The first-order chi connectivity index (χ1) is 13.1. The van der Waals surface area contributed by atoms with Crippen molar-refractivity contribution in [3.8, 4) is 5.75 Å². The van der Waals surface area contributed by atoms with Crippen LogP contribution in [0.25, 0.3) is 16.8 Å². The first-order valence-electron chi connectivity index (χ1n) is 8.32. The van der Waals surface area contributed by atoms with E-state index in [4.69, 9.17) is 4.74 Å². The van der Waals surface area contributed by atoms with Crippen LogP contribution in [0.5, 0.6) is 5.75 Å². The highest BCUT2D eigenvalue weighted by atomic mass is 79.9. The van der Waals surface area contributed by atoms with E-state index in [1.54, 1.807) is 6.08 Å². The van der Waals surface area contributed by atoms with Crippen molar-refractivity contribution in [3.05, 3.63) is 82.0 Å². The summed E-state index contributed by atoms with van der Waals surface area (Å²) in [6.07, 6.45) is 1.61. The van der Waals surface area contributed by atoms with Crippen LogP contribution in [0.3, 0.4) is 0 Å². The molecule has 0 aliphatic carbocycles. The lowest BCUT2D eigenvalue weighted by molar-refractivity contribution is -0.115. The lowest BCUT2D eigenvalue weighted by Gasteiger charge is -2.10. The highest BCUT2D eigenvalue weighted by Gasteiger charge is 2.22. The molecular formula is C21H15BrN2O3. The summed E-state index contributed by atoms with van der Waals surface area (Å²) in [5.74, 6) is 0.262. The van der Waals surface area contributed by atoms with E-state index in [1.165, 1.54) is 10.8 Å². The Morgan fingerprint density at radius 1 is 0.926 bits per heavy atom. The molecule has 0 unspecified atom stereocenters. The third kappa shape index (κ3) is 3.85. The van der Waals surface area contributed by atoms with E-state index in [1.807, 2.05) is 30.3 Å². The van der Waals surface area contributed by atoms with Crippen LogP contribution in [-0.4, -0.2) is 11.9 Å². The van der Waals surface area contributed by atoms with Crippen molar-refractivity contribution in [1.29, 1.82) is 0 Å². The van der Waals surface area contributed by atoms with Crippen LogP contribution in [0.15, 0.2) is 70.8 Å². The fourth-order valence-electron chi connectivity index (χ4n) is 2.86. The summed E-state index contributed by atoms with van der Waals surface area (Å²) in [7, 11) is 0. The van der Waals surface area contributed by atoms with Gasteiger partial charge in [0.2, 0.25) is 0 Å². The second-order valence-electron chi connectivity index (χ2n) is 6.13. The highest BCUT2D eigenvalue weighted by molar-refractivity contribution is 9.10. The molecule has 1 fully saturated rings. The van der Waals surface area contributed by atoms with Gasteiger partial charge >= 0.3 is 6.03 Å². The minimum Gasteiger partial charge on any atom is -0.488 e. The van der Waals surface area contributed by atoms with Gasteiger partial charge in [0.15, 0.2) is 0 Å². The first-order valence-corrected chi connectivity index (χ1v) is 9.12. The van der Waals surface area contributed by atoms with Crippen molar-refractivity contribution in [2.75, 3.05) is 0 Å². The Morgan fingerprint density at radius 2 is 1.74 bits per heavy atom. The number of ether oxygens (including phenoxy) is 1. The van der Waals surface area contributed by atoms with Gasteiger partial charge in [0.1, 0.15) is 18.1 Å². The standard InChI is InChI=1S/C21H15BrN2O3/c22-17-10-13(11-18-20(25)24-21(26)23-18)6-8-19(17)27-12-14-5-7-15-3-1-2-4-16(15)9-14/h1-11H,12H2,(H2,23,24,25,26). The Kier molecular flexibility index (Phi) is 4.64. The van der Waals surface area contributed by atoms with Gasteiger partial charge < -0.3 is 10.1 Å². The van der Waals surface area contributed by atoms with Gasteiger partial charge in [-0.2, -0.15) is 0 Å². The number of urea groups is 1. The molecule has 1 saturated heterocycles. The van der Waals surface area contributed by atoms with Crippen molar-refractivity contribution in [1.82, 2.24) is 10.6 Å². The molecule has 6 heteroatoms. The summed E-state index contributed by atoms with van der Waals surface area (Å²) in [4.78, 5) is 22.8. The number of halogens is 1. The number of carbonyl (C=O) groups is 2. The Balaban J connectivity index is 1.48. The van der Waals surface area contributed by atoms with Gasteiger partial charge in [-0.25, -0.2) is 4.79 Å². The largest absolute Gasteiger partial charge is 0.488 e. The Morgan fingerprint density at radius 3 is 2.48 bits per heavy atom. The van der Waals surface area contributed by atoms with Gasteiger partial charge in [0.25, 0.3) is 5.91 Å². The van der Waals surface area contributed by atoms with E-state index in [0.717, 1.165) is 15.6 Å². The second kappa shape index (κ2) is 7.25. The van der Waals surface area contributed by atoms with Crippen LogP contribution < -0.4 is 15.4 Å². The second-order valence-corrected chi connectivity index (χ2v) is 6.98. The number of imide groups is 1. The molecule has 27 heavy (non-hydrogen) atoms. The summed E-state index contributed by atoms with van der Waals surface area (Å²) in [6, 6.07) is 19.4. The highest BCUT2D eigenvalue weighted by Crippen LogP contribution is 2.28. The van der Waals surface area contributed by atoms with Crippen LogP contribution in [-0.2, 0) is 11.4 Å². The molecule has 2 N–H and O–H groups in total. The molecule has 4 rings (SSSR count). The predicted octanol–water partition coefficient (Wildman–Crippen LogP) is 4.36. The zero-order valence-electron chi connectivity index (χ0n) is 14.2. The topological polar surface area (TPSA) is 67.4 Å². The SMILES string of the molecule is O=C1NC(=O)C(=Cc2ccc(OCc3ccc4ccccc4c3)c(Br)c2)N1. The van der Waals surface area contributed by atoms with Crippen LogP contribution in [0.4, 0.5) is 4.79 Å². The van der Waals surface area contributed by atoms with E-state index in [9.17, 15) is 9.59 Å². The van der Waals surface area contributed by atoms with E-state index in [2.05, 4.69) is 56.9 Å². The van der Waals surface area contributed by atoms with Crippen molar-refractivity contribution in [2.45, 2.75) is 6.61 Å². The molecule has 3 aromatic carbocycles. The van der Waals surface area contributed by atoms with Crippen LogP contribution in [0.1, 0.15) is 11.1 Å². The third-order valence-electron chi connectivity index (χ3n) is 4.20. The number of nitrogens with one attached hydrogen (secondary N) is 2. The minimum atomic E-state index is -0.513. The van der Waals surface area contributed by atoms with E-state index in [-0.39, 0.29) is 5.70 Å².